The molecule has 0 aliphatic rings. The Morgan fingerprint density at radius 3 is 1.80 bits per heavy atom. The Labute approximate surface area is 113 Å². The Balaban J connectivity index is 0. The molecule has 1 unspecified atom stereocenters. The molecule has 1 atom stereocenters. The molecule has 0 spiro atoms. The minimum Gasteiger partial charge on any atom is -0.473 e. The average molecular weight is 300 g/mol. The van der Waals surface area contributed by atoms with Gasteiger partial charge in [-0.3, -0.25) is 0 Å². The largest absolute Gasteiger partial charge is 0.473 e. The molecule has 0 aromatic rings. The van der Waals surface area contributed by atoms with Crippen molar-refractivity contribution in [1.82, 2.24) is 5.32 Å². The fraction of sp³-hybridized carbons (Fsp3) is 0.700. The number of carbonyl (C=O) groups is 3. The van der Waals surface area contributed by atoms with Crippen LogP contribution in [0.1, 0.15) is 20.8 Å². The van der Waals surface area contributed by atoms with Crippen molar-refractivity contribution in [2.24, 2.45) is 5.73 Å². The molecule has 8 nitrogen and oxygen atoms in total. The number of alkyl carbamates (subject to hydrolysis) is 1. The molecule has 0 aliphatic carbocycles. The summed E-state index contributed by atoms with van der Waals surface area (Å²) in [6, 6.07) is -1.36. The standard InChI is InChI=1S/C8H16F2N2O2.C2H2O4/c1-8(2,3)14-7(13)12-5(4-11)6(9)10;3-1(4)2(5)6/h5-6H,4,11H2,1-3H3,(H,12,13);(H,3,4)(H,5,6). The van der Waals surface area contributed by atoms with Crippen LogP contribution >= 0.6 is 0 Å². The molecule has 5 N–H and O–H groups in total. The molecule has 118 valence electrons. The lowest BCUT2D eigenvalue weighted by atomic mass is 10.2. The highest BCUT2D eigenvalue weighted by atomic mass is 19.3. The average Bonchev–Trinajstić information content (AvgIpc) is 2.23. The van der Waals surface area contributed by atoms with Gasteiger partial charge in [0.2, 0.25) is 0 Å². The van der Waals surface area contributed by atoms with Crippen molar-refractivity contribution in [3.05, 3.63) is 0 Å². The zero-order valence-electron chi connectivity index (χ0n) is 11.2. The summed E-state index contributed by atoms with van der Waals surface area (Å²) in [4.78, 5) is 29.2. The molecule has 0 saturated carbocycles. The fourth-order valence-electron chi connectivity index (χ4n) is 0.684. The lowest BCUT2D eigenvalue weighted by Gasteiger charge is -2.22. The van der Waals surface area contributed by atoms with E-state index in [4.69, 9.17) is 30.3 Å². The van der Waals surface area contributed by atoms with E-state index in [2.05, 4.69) is 0 Å². The zero-order valence-corrected chi connectivity index (χ0v) is 11.2. The van der Waals surface area contributed by atoms with Crippen LogP contribution < -0.4 is 11.1 Å². The van der Waals surface area contributed by atoms with Crippen LogP contribution in [0.5, 0.6) is 0 Å². The van der Waals surface area contributed by atoms with Gasteiger partial charge in [0, 0.05) is 6.54 Å². The molecule has 0 saturated heterocycles. The molecular weight excluding hydrogens is 282 g/mol. The van der Waals surface area contributed by atoms with Gasteiger partial charge in [0.05, 0.1) is 0 Å². The van der Waals surface area contributed by atoms with Crippen molar-refractivity contribution in [1.29, 1.82) is 0 Å². The molecule has 0 aromatic carbocycles. The third-order valence-electron chi connectivity index (χ3n) is 1.44. The first-order valence-corrected chi connectivity index (χ1v) is 5.34. The van der Waals surface area contributed by atoms with Crippen LogP contribution in [0.2, 0.25) is 0 Å². The third kappa shape index (κ3) is 12.5. The number of aliphatic carboxylic acids is 2. The molecule has 1 amide bonds. The van der Waals surface area contributed by atoms with Crippen LogP contribution in [-0.2, 0) is 14.3 Å². The molecule has 0 radical (unpaired) electrons. The first kappa shape index (κ1) is 20.3. The summed E-state index contributed by atoms with van der Waals surface area (Å²) in [5.74, 6) is -3.65. The van der Waals surface area contributed by atoms with E-state index in [1.54, 1.807) is 20.8 Å². The number of hydrogen-bond donors (Lipinski definition) is 4. The molecule has 0 fully saturated rings. The summed E-state index contributed by atoms with van der Waals surface area (Å²) in [7, 11) is 0. The molecule has 20 heavy (non-hydrogen) atoms. The van der Waals surface area contributed by atoms with E-state index in [9.17, 15) is 13.6 Å². The third-order valence-corrected chi connectivity index (χ3v) is 1.44. The van der Waals surface area contributed by atoms with Crippen molar-refractivity contribution in [2.75, 3.05) is 6.54 Å². The van der Waals surface area contributed by atoms with Gasteiger partial charge in [-0.2, -0.15) is 0 Å². The molecule has 0 heterocycles. The lowest BCUT2D eigenvalue weighted by Crippen LogP contribution is -2.46. The summed E-state index contributed by atoms with van der Waals surface area (Å²) in [6.07, 6.45) is -3.57. The second-order valence-corrected chi connectivity index (χ2v) is 4.43. The van der Waals surface area contributed by atoms with E-state index in [-0.39, 0.29) is 6.54 Å². The number of nitrogens with one attached hydrogen (secondary N) is 1. The Morgan fingerprint density at radius 2 is 1.60 bits per heavy atom. The number of ether oxygens (including phenoxy) is 1. The van der Waals surface area contributed by atoms with Crippen molar-refractivity contribution in [3.8, 4) is 0 Å². The van der Waals surface area contributed by atoms with E-state index in [1.165, 1.54) is 0 Å². The van der Waals surface area contributed by atoms with Crippen molar-refractivity contribution in [3.63, 3.8) is 0 Å². The number of halogens is 2. The highest BCUT2D eigenvalue weighted by Crippen LogP contribution is 2.07. The number of carboxylic acid groups (broad SMARTS) is 2. The highest BCUT2D eigenvalue weighted by molar-refractivity contribution is 6.27. The van der Waals surface area contributed by atoms with Gasteiger partial charge in [-0.25, -0.2) is 23.2 Å². The van der Waals surface area contributed by atoms with Crippen molar-refractivity contribution >= 4 is 18.0 Å². The molecular formula is C10H18F2N2O6. The molecule has 0 aliphatic heterocycles. The van der Waals surface area contributed by atoms with E-state index in [0.717, 1.165) is 0 Å². The maximum absolute atomic E-state index is 12.1. The van der Waals surface area contributed by atoms with Gasteiger partial charge in [-0.15, -0.1) is 0 Å². The number of carbonyl (C=O) groups excluding carboxylic acids is 1. The second-order valence-electron chi connectivity index (χ2n) is 4.43. The van der Waals surface area contributed by atoms with E-state index < -0.39 is 36.1 Å². The van der Waals surface area contributed by atoms with Crippen molar-refractivity contribution < 1.29 is 38.1 Å². The maximum Gasteiger partial charge on any atom is 0.414 e. The van der Waals surface area contributed by atoms with Crippen LogP contribution in [0.15, 0.2) is 0 Å². The summed E-state index contributed by atoms with van der Waals surface area (Å²) in [5, 5.41) is 16.8. The van der Waals surface area contributed by atoms with Gasteiger partial charge in [0.25, 0.3) is 6.43 Å². The smallest absolute Gasteiger partial charge is 0.414 e. The fourth-order valence-corrected chi connectivity index (χ4v) is 0.684. The summed E-state index contributed by atoms with van der Waals surface area (Å²) < 4.78 is 29.1. The van der Waals surface area contributed by atoms with E-state index >= 15 is 0 Å². The number of hydrogen-bond acceptors (Lipinski definition) is 5. The number of alkyl halides is 2. The highest BCUT2D eigenvalue weighted by Gasteiger charge is 2.24. The predicted octanol–water partition coefficient (Wildman–Crippen LogP) is 0.259. The summed E-state index contributed by atoms with van der Waals surface area (Å²) in [6.45, 7) is 4.61. The zero-order chi connectivity index (χ0) is 16.5. The van der Waals surface area contributed by atoms with E-state index in [1.807, 2.05) is 5.32 Å². The lowest BCUT2D eigenvalue weighted by molar-refractivity contribution is -0.159. The Hall–Kier alpha value is -1.97. The summed E-state index contributed by atoms with van der Waals surface area (Å²) in [5.41, 5.74) is 4.33. The van der Waals surface area contributed by atoms with Gasteiger partial charge < -0.3 is 26.0 Å². The predicted molar refractivity (Wildman–Crippen MR) is 63.5 cm³/mol. The van der Waals surface area contributed by atoms with Gasteiger partial charge in [0.1, 0.15) is 11.6 Å². The normalized spacial score (nSPS) is 11.9. The Kier molecular flexibility index (Phi) is 9.17. The number of carboxylic acids is 2. The maximum atomic E-state index is 12.1. The van der Waals surface area contributed by atoms with Crippen molar-refractivity contribution in [2.45, 2.75) is 38.8 Å². The van der Waals surface area contributed by atoms with Gasteiger partial charge >= 0.3 is 18.0 Å². The van der Waals surface area contributed by atoms with Crippen LogP contribution in [0, 0.1) is 0 Å². The summed E-state index contributed by atoms with van der Waals surface area (Å²) >= 11 is 0. The first-order chi connectivity index (χ1) is 8.90. The monoisotopic (exact) mass is 300 g/mol. The first-order valence-electron chi connectivity index (χ1n) is 5.34. The Bertz CT molecular complexity index is 331. The number of rotatable bonds is 3. The van der Waals surface area contributed by atoms with Crippen LogP contribution in [0.25, 0.3) is 0 Å². The molecule has 0 aromatic heterocycles. The van der Waals surface area contributed by atoms with Gasteiger partial charge in [-0.05, 0) is 20.8 Å². The van der Waals surface area contributed by atoms with Crippen LogP contribution in [0.3, 0.4) is 0 Å². The topological polar surface area (TPSA) is 139 Å². The Morgan fingerprint density at radius 1 is 1.20 bits per heavy atom. The molecule has 0 rings (SSSR count). The second kappa shape index (κ2) is 9.02. The van der Waals surface area contributed by atoms with Crippen LogP contribution in [-0.4, -0.2) is 52.9 Å². The van der Waals surface area contributed by atoms with Gasteiger partial charge in [0.15, 0.2) is 0 Å². The number of nitrogens with two attached hydrogens (primary N) is 1. The molecule has 10 heteroatoms. The van der Waals surface area contributed by atoms with E-state index in [0.29, 0.717) is 0 Å². The van der Waals surface area contributed by atoms with Crippen LogP contribution in [0.4, 0.5) is 13.6 Å². The minimum atomic E-state index is -2.69. The molecule has 0 bridgehead atoms. The number of amides is 1. The SMILES string of the molecule is CC(C)(C)OC(=O)NC(CN)C(F)F.O=C(O)C(=O)O. The van der Waals surface area contributed by atoms with Gasteiger partial charge in [-0.1, -0.05) is 0 Å². The minimum absolute atomic E-state index is 0.323. The quantitative estimate of drug-likeness (QED) is 0.548.